The molecule has 14 heteroatoms. The lowest BCUT2D eigenvalue weighted by Crippen LogP contribution is -2.23. The molecule has 1 aromatic heterocycles. The van der Waals surface area contributed by atoms with E-state index in [1.54, 1.807) is 0 Å². The summed E-state index contributed by atoms with van der Waals surface area (Å²) in [4.78, 5) is 23.9. The normalized spacial score (nSPS) is 23.7. The van der Waals surface area contributed by atoms with E-state index in [9.17, 15) is 18.5 Å². The van der Waals surface area contributed by atoms with Crippen molar-refractivity contribution in [2.45, 2.75) is 31.8 Å². The van der Waals surface area contributed by atoms with Gasteiger partial charge in [0.15, 0.2) is 10.5 Å². The van der Waals surface area contributed by atoms with Gasteiger partial charge in [-0.25, -0.2) is 4.39 Å². The van der Waals surface area contributed by atoms with Crippen LogP contribution in [0.2, 0.25) is 0 Å². The topological polar surface area (TPSA) is 135 Å². The number of aromatic amines is 1. The Balaban J connectivity index is 0.000000860. The van der Waals surface area contributed by atoms with Crippen molar-refractivity contribution >= 4 is 20.4 Å². The number of fused-ring (bicyclic) bond motifs is 1. The average molecular weight is 497 g/mol. The molecule has 2 aliphatic heterocycles. The zero-order chi connectivity index (χ0) is 23.9. The highest BCUT2D eigenvalue weighted by atomic mass is 32.1. The molecule has 0 spiro atoms. The first-order valence-electron chi connectivity index (χ1n) is 9.28. The van der Waals surface area contributed by atoms with Crippen molar-refractivity contribution in [3.63, 3.8) is 0 Å². The number of aliphatic hydroxyl groups is 2. The van der Waals surface area contributed by atoms with Gasteiger partial charge in [-0.2, -0.15) is 9.28 Å². The van der Waals surface area contributed by atoms with Gasteiger partial charge in [-0.15, -0.1) is 9.05 Å². The maximum atomic E-state index is 13.5. The molecule has 4 rings (SSSR count). The molecular formula is C18H24F2N2O8PS+. The van der Waals surface area contributed by atoms with Crippen molar-refractivity contribution in [3.8, 4) is 5.75 Å². The van der Waals surface area contributed by atoms with Gasteiger partial charge < -0.3 is 14.9 Å². The van der Waals surface area contributed by atoms with Gasteiger partial charge in [0.05, 0.1) is 12.3 Å². The highest BCUT2D eigenvalue weighted by Crippen LogP contribution is 2.61. The smallest absolute Gasteiger partial charge is 0.400 e. The summed E-state index contributed by atoms with van der Waals surface area (Å²) in [6.45, 7) is -0.0756. The third kappa shape index (κ3) is 6.36. The SMILES string of the molecule is CO.CO.O=c1[nH]c(=S)n(C2CCC(CO[P+]3(O)OCc4cc(F)ccc4O3)O2)cc1F. The quantitative estimate of drug-likeness (QED) is 0.371. The fraction of sp³-hybridized carbons (Fsp3) is 0.444. The molecule has 3 atom stereocenters. The Kier molecular flexibility index (Phi) is 9.80. The summed E-state index contributed by atoms with van der Waals surface area (Å²) in [6, 6.07) is 3.87. The van der Waals surface area contributed by atoms with E-state index in [0.717, 1.165) is 20.4 Å². The third-order valence-corrected chi connectivity index (χ3v) is 6.03. The zero-order valence-corrected chi connectivity index (χ0v) is 18.9. The lowest BCUT2D eigenvalue weighted by atomic mass is 10.2. The van der Waals surface area contributed by atoms with Crippen LogP contribution in [0.25, 0.3) is 0 Å². The minimum atomic E-state index is -3.62. The van der Waals surface area contributed by atoms with Crippen LogP contribution in [0, 0.1) is 16.4 Å². The number of ether oxygens (including phenoxy) is 1. The van der Waals surface area contributed by atoms with Gasteiger partial charge in [-0.3, -0.25) is 18.9 Å². The summed E-state index contributed by atoms with van der Waals surface area (Å²) in [5.41, 5.74) is -0.419. The molecule has 178 valence electrons. The fourth-order valence-corrected chi connectivity index (χ4v) is 4.51. The summed E-state index contributed by atoms with van der Waals surface area (Å²) in [6.07, 6.45) is 1.06. The van der Waals surface area contributed by atoms with Gasteiger partial charge in [0.1, 0.15) is 25.3 Å². The van der Waals surface area contributed by atoms with E-state index >= 15 is 0 Å². The number of aliphatic hydroxyl groups excluding tert-OH is 2. The average Bonchev–Trinajstić information content (AvgIpc) is 3.27. The molecule has 10 nitrogen and oxygen atoms in total. The number of nitrogens with zero attached hydrogens (tertiary/aromatic N) is 1. The number of aromatic nitrogens is 2. The number of H-pyrrole nitrogens is 1. The Morgan fingerprint density at radius 2 is 2.00 bits per heavy atom. The molecule has 1 aromatic carbocycles. The Morgan fingerprint density at radius 1 is 1.28 bits per heavy atom. The Morgan fingerprint density at radius 3 is 2.72 bits per heavy atom. The summed E-state index contributed by atoms with van der Waals surface area (Å²) in [5.74, 6) is -1.10. The van der Waals surface area contributed by atoms with E-state index in [1.165, 1.54) is 22.8 Å². The van der Waals surface area contributed by atoms with Crippen molar-refractivity contribution in [1.29, 1.82) is 0 Å². The van der Waals surface area contributed by atoms with Crippen LogP contribution < -0.4 is 10.1 Å². The van der Waals surface area contributed by atoms with Crippen LogP contribution in [-0.2, 0) is 20.4 Å². The minimum absolute atomic E-state index is 0.0313. The maximum Gasteiger partial charge on any atom is 0.619 e. The predicted octanol–water partition coefficient (Wildman–Crippen LogP) is 2.37. The van der Waals surface area contributed by atoms with E-state index < -0.39 is 37.7 Å². The molecule has 3 heterocycles. The molecular weight excluding hydrogens is 473 g/mol. The molecule has 4 N–H and O–H groups in total. The predicted molar refractivity (Wildman–Crippen MR) is 112 cm³/mol. The van der Waals surface area contributed by atoms with Crippen LogP contribution >= 0.6 is 20.4 Å². The highest BCUT2D eigenvalue weighted by Gasteiger charge is 2.51. The maximum absolute atomic E-state index is 13.5. The van der Waals surface area contributed by atoms with E-state index in [-0.39, 0.29) is 18.0 Å². The van der Waals surface area contributed by atoms with Gasteiger partial charge in [0.25, 0.3) is 5.56 Å². The molecule has 3 unspecified atom stereocenters. The Labute approximate surface area is 187 Å². The number of hydrogen-bond acceptors (Lipinski definition) is 9. The number of benzene rings is 1. The molecule has 2 aromatic rings. The van der Waals surface area contributed by atoms with Gasteiger partial charge in [0, 0.05) is 19.8 Å². The van der Waals surface area contributed by atoms with Crippen molar-refractivity contribution in [2.75, 3.05) is 20.8 Å². The number of rotatable bonds is 4. The number of hydrogen-bond donors (Lipinski definition) is 4. The van der Waals surface area contributed by atoms with E-state index in [2.05, 4.69) is 4.98 Å². The van der Waals surface area contributed by atoms with E-state index in [0.29, 0.717) is 24.2 Å². The van der Waals surface area contributed by atoms with Crippen molar-refractivity contribution in [2.24, 2.45) is 0 Å². The molecule has 0 saturated carbocycles. The van der Waals surface area contributed by atoms with Gasteiger partial charge >= 0.3 is 8.17 Å². The molecule has 1 saturated heterocycles. The van der Waals surface area contributed by atoms with Crippen LogP contribution in [0.5, 0.6) is 5.75 Å². The van der Waals surface area contributed by atoms with Crippen molar-refractivity contribution in [3.05, 3.63) is 56.7 Å². The van der Waals surface area contributed by atoms with Gasteiger partial charge in [0.2, 0.25) is 5.82 Å². The number of nitrogens with one attached hydrogen (secondary N) is 1. The summed E-state index contributed by atoms with van der Waals surface area (Å²) >= 11 is 5.03. The molecule has 0 aliphatic carbocycles. The number of halogens is 2. The Bertz CT molecular complexity index is 1020. The third-order valence-electron chi connectivity index (χ3n) is 4.36. The first-order valence-corrected chi connectivity index (χ1v) is 11.2. The van der Waals surface area contributed by atoms with Gasteiger partial charge in [-0.1, -0.05) is 0 Å². The molecule has 1 fully saturated rings. The van der Waals surface area contributed by atoms with Crippen LogP contribution in [0.15, 0.2) is 29.2 Å². The van der Waals surface area contributed by atoms with Crippen molar-refractivity contribution in [1.82, 2.24) is 9.55 Å². The summed E-state index contributed by atoms with van der Waals surface area (Å²) < 4.78 is 50.0. The lowest BCUT2D eigenvalue weighted by Gasteiger charge is -2.22. The second-order valence-corrected chi connectivity index (χ2v) is 8.34. The summed E-state index contributed by atoms with van der Waals surface area (Å²) in [7, 11) is -1.62. The zero-order valence-electron chi connectivity index (χ0n) is 17.2. The van der Waals surface area contributed by atoms with Crippen LogP contribution in [0.4, 0.5) is 8.78 Å². The second-order valence-electron chi connectivity index (χ2n) is 6.31. The van der Waals surface area contributed by atoms with E-state index in [4.69, 9.17) is 40.7 Å². The molecule has 0 radical (unpaired) electrons. The minimum Gasteiger partial charge on any atom is -0.400 e. The van der Waals surface area contributed by atoms with Crippen LogP contribution in [0.3, 0.4) is 0 Å². The molecule has 2 aliphatic rings. The standard InChI is InChI=1S/C16H15F2N2O6PS.2CH4O/c17-10-1-3-13-9(5-10)7-23-27(22,26-13)24-8-11-2-4-14(25-11)20-6-12(18)15(21)19-16(20)28;2*1-2/h1,3,5-6,11,14,22H,2,4,7-8H2;2*2H,1H3/p+1. The first-order chi connectivity index (χ1) is 15.3. The van der Waals surface area contributed by atoms with Gasteiger partial charge in [-0.05, 0) is 43.3 Å². The van der Waals surface area contributed by atoms with E-state index in [1.807, 2.05) is 0 Å². The Hall–Kier alpha value is -1.83. The fourth-order valence-electron chi connectivity index (χ4n) is 2.98. The molecule has 0 bridgehead atoms. The second kappa shape index (κ2) is 11.9. The monoisotopic (exact) mass is 497 g/mol. The van der Waals surface area contributed by atoms with Crippen molar-refractivity contribution < 1.29 is 42.2 Å². The molecule has 0 amide bonds. The van der Waals surface area contributed by atoms with Crippen LogP contribution in [-0.4, -0.2) is 51.6 Å². The molecule has 32 heavy (non-hydrogen) atoms. The highest BCUT2D eigenvalue weighted by molar-refractivity contribution is 7.71. The lowest BCUT2D eigenvalue weighted by molar-refractivity contribution is -0.0297. The summed E-state index contributed by atoms with van der Waals surface area (Å²) in [5, 5.41) is 14.0. The largest absolute Gasteiger partial charge is 0.619 e. The first kappa shape index (κ1) is 26.4. The van der Waals surface area contributed by atoms with Crippen LogP contribution in [0.1, 0.15) is 24.6 Å².